The van der Waals surface area contributed by atoms with E-state index in [1.54, 1.807) is 12.1 Å². The SMILES string of the molecule is COc1cc(C(=O)NCC2(C)CCNCC2)cc(OC)c1OC. The Kier molecular flexibility index (Phi) is 5.71. The summed E-state index contributed by atoms with van der Waals surface area (Å²) in [6.45, 7) is 4.86. The van der Waals surface area contributed by atoms with Crippen molar-refractivity contribution < 1.29 is 19.0 Å². The molecule has 1 aromatic carbocycles. The Morgan fingerprint density at radius 1 is 1.13 bits per heavy atom. The molecule has 0 aromatic heterocycles. The predicted molar refractivity (Wildman–Crippen MR) is 88.6 cm³/mol. The summed E-state index contributed by atoms with van der Waals surface area (Å²) in [5.41, 5.74) is 0.638. The molecule has 1 amide bonds. The van der Waals surface area contributed by atoms with Gasteiger partial charge in [0.25, 0.3) is 5.91 Å². The molecule has 2 N–H and O–H groups in total. The number of carbonyl (C=O) groups is 1. The summed E-state index contributed by atoms with van der Waals surface area (Å²) in [7, 11) is 4.61. The van der Waals surface area contributed by atoms with Crippen molar-refractivity contribution >= 4 is 5.91 Å². The van der Waals surface area contributed by atoms with Crippen molar-refractivity contribution in [2.75, 3.05) is 41.0 Å². The summed E-state index contributed by atoms with van der Waals surface area (Å²) in [4.78, 5) is 12.5. The van der Waals surface area contributed by atoms with E-state index in [4.69, 9.17) is 14.2 Å². The van der Waals surface area contributed by atoms with Gasteiger partial charge in [0.1, 0.15) is 0 Å². The lowest BCUT2D eigenvalue weighted by Crippen LogP contribution is -2.42. The Morgan fingerprint density at radius 2 is 1.70 bits per heavy atom. The van der Waals surface area contributed by atoms with Crippen LogP contribution in [0.25, 0.3) is 0 Å². The Bertz CT molecular complexity index is 529. The average Bonchev–Trinajstić information content (AvgIpc) is 2.58. The minimum Gasteiger partial charge on any atom is -0.493 e. The third-order valence-electron chi connectivity index (χ3n) is 4.41. The minimum atomic E-state index is -0.135. The van der Waals surface area contributed by atoms with Crippen molar-refractivity contribution in [1.29, 1.82) is 0 Å². The first kappa shape index (κ1) is 17.4. The molecule has 0 atom stereocenters. The van der Waals surface area contributed by atoms with Gasteiger partial charge in [-0.1, -0.05) is 6.92 Å². The van der Waals surface area contributed by atoms with Gasteiger partial charge in [0, 0.05) is 12.1 Å². The second-order valence-corrected chi connectivity index (χ2v) is 6.16. The second kappa shape index (κ2) is 7.55. The van der Waals surface area contributed by atoms with Gasteiger partial charge in [-0.05, 0) is 43.5 Å². The predicted octanol–water partition coefficient (Wildman–Crippen LogP) is 1.83. The van der Waals surface area contributed by atoms with E-state index < -0.39 is 0 Å². The third kappa shape index (κ3) is 4.07. The molecular weight excluding hydrogens is 296 g/mol. The highest BCUT2D eigenvalue weighted by Crippen LogP contribution is 2.38. The smallest absolute Gasteiger partial charge is 0.251 e. The molecular formula is C17H26N2O4. The van der Waals surface area contributed by atoms with E-state index in [-0.39, 0.29) is 11.3 Å². The highest BCUT2D eigenvalue weighted by Gasteiger charge is 2.27. The van der Waals surface area contributed by atoms with E-state index in [0.29, 0.717) is 29.4 Å². The third-order valence-corrected chi connectivity index (χ3v) is 4.41. The van der Waals surface area contributed by atoms with E-state index in [1.807, 2.05) is 0 Å². The molecule has 1 fully saturated rings. The number of carbonyl (C=O) groups excluding carboxylic acids is 1. The summed E-state index contributed by atoms with van der Waals surface area (Å²) in [6.07, 6.45) is 2.12. The van der Waals surface area contributed by atoms with Gasteiger partial charge in [0.05, 0.1) is 21.3 Å². The van der Waals surface area contributed by atoms with Crippen LogP contribution < -0.4 is 24.8 Å². The van der Waals surface area contributed by atoms with E-state index in [0.717, 1.165) is 25.9 Å². The summed E-state index contributed by atoms with van der Waals surface area (Å²) < 4.78 is 15.9. The number of rotatable bonds is 6. The van der Waals surface area contributed by atoms with Crippen LogP contribution in [-0.4, -0.2) is 46.9 Å². The largest absolute Gasteiger partial charge is 0.493 e. The number of hydrogen-bond acceptors (Lipinski definition) is 5. The second-order valence-electron chi connectivity index (χ2n) is 6.16. The van der Waals surface area contributed by atoms with Crippen LogP contribution in [0, 0.1) is 5.41 Å². The standard InChI is InChI=1S/C17H26N2O4/c1-17(5-7-18-8-6-17)11-19-16(20)12-9-13(21-2)15(23-4)14(10-12)22-3/h9-10,18H,5-8,11H2,1-4H3,(H,19,20). The van der Waals surface area contributed by atoms with Gasteiger partial charge >= 0.3 is 0 Å². The van der Waals surface area contributed by atoms with Gasteiger partial charge in [-0.2, -0.15) is 0 Å². The molecule has 2 rings (SSSR count). The van der Waals surface area contributed by atoms with Crippen LogP contribution in [0.4, 0.5) is 0 Å². The molecule has 6 nitrogen and oxygen atoms in total. The molecule has 0 radical (unpaired) electrons. The molecule has 0 unspecified atom stereocenters. The van der Waals surface area contributed by atoms with Crippen molar-refractivity contribution in [2.45, 2.75) is 19.8 Å². The Morgan fingerprint density at radius 3 is 2.17 bits per heavy atom. The van der Waals surface area contributed by atoms with Crippen molar-refractivity contribution in [3.63, 3.8) is 0 Å². The first-order valence-corrected chi connectivity index (χ1v) is 7.82. The lowest BCUT2D eigenvalue weighted by atomic mass is 9.81. The molecule has 1 aliphatic heterocycles. The van der Waals surface area contributed by atoms with E-state index in [1.165, 1.54) is 21.3 Å². The van der Waals surface area contributed by atoms with Crippen LogP contribution in [0.15, 0.2) is 12.1 Å². The number of nitrogens with one attached hydrogen (secondary N) is 2. The Labute approximate surface area is 137 Å². The molecule has 1 saturated heterocycles. The Balaban J connectivity index is 2.12. The molecule has 1 aromatic rings. The summed E-state index contributed by atoms with van der Waals surface area (Å²) in [5.74, 6) is 1.30. The topological polar surface area (TPSA) is 68.8 Å². The fourth-order valence-electron chi connectivity index (χ4n) is 2.82. The molecule has 6 heteroatoms. The van der Waals surface area contributed by atoms with Crippen LogP contribution in [0.5, 0.6) is 17.2 Å². The summed E-state index contributed by atoms with van der Waals surface area (Å²) in [5, 5.41) is 6.37. The number of methoxy groups -OCH3 is 3. The Hall–Kier alpha value is -1.95. The maximum absolute atomic E-state index is 12.5. The van der Waals surface area contributed by atoms with Gasteiger partial charge in [-0.25, -0.2) is 0 Å². The fraction of sp³-hybridized carbons (Fsp3) is 0.588. The molecule has 0 aliphatic carbocycles. The molecule has 23 heavy (non-hydrogen) atoms. The molecule has 128 valence electrons. The van der Waals surface area contributed by atoms with E-state index >= 15 is 0 Å². The summed E-state index contributed by atoms with van der Waals surface area (Å²) in [6, 6.07) is 3.34. The number of ether oxygens (including phenoxy) is 3. The number of piperidine rings is 1. The lowest BCUT2D eigenvalue weighted by molar-refractivity contribution is 0.0921. The number of amides is 1. The van der Waals surface area contributed by atoms with Crippen LogP contribution in [0.1, 0.15) is 30.1 Å². The van der Waals surface area contributed by atoms with Crippen molar-refractivity contribution in [1.82, 2.24) is 10.6 Å². The van der Waals surface area contributed by atoms with Crippen LogP contribution >= 0.6 is 0 Å². The molecule has 0 spiro atoms. The van der Waals surface area contributed by atoms with Crippen LogP contribution in [0.2, 0.25) is 0 Å². The zero-order valence-corrected chi connectivity index (χ0v) is 14.3. The van der Waals surface area contributed by atoms with Crippen molar-refractivity contribution in [3.05, 3.63) is 17.7 Å². The first-order valence-electron chi connectivity index (χ1n) is 7.82. The van der Waals surface area contributed by atoms with Crippen molar-refractivity contribution in [2.24, 2.45) is 5.41 Å². The number of benzene rings is 1. The maximum Gasteiger partial charge on any atom is 0.251 e. The summed E-state index contributed by atoms with van der Waals surface area (Å²) >= 11 is 0. The maximum atomic E-state index is 12.5. The number of hydrogen-bond donors (Lipinski definition) is 2. The van der Waals surface area contributed by atoms with E-state index in [2.05, 4.69) is 17.6 Å². The molecule has 0 bridgehead atoms. The van der Waals surface area contributed by atoms with Gasteiger partial charge in [0.2, 0.25) is 5.75 Å². The minimum absolute atomic E-state index is 0.135. The van der Waals surface area contributed by atoms with Crippen molar-refractivity contribution in [3.8, 4) is 17.2 Å². The quantitative estimate of drug-likeness (QED) is 0.836. The zero-order chi connectivity index (χ0) is 16.9. The van der Waals surface area contributed by atoms with Gasteiger partial charge in [-0.3, -0.25) is 4.79 Å². The zero-order valence-electron chi connectivity index (χ0n) is 14.3. The fourth-order valence-corrected chi connectivity index (χ4v) is 2.82. The average molecular weight is 322 g/mol. The molecule has 0 saturated carbocycles. The van der Waals surface area contributed by atoms with E-state index in [9.17, 15) is 4.79 Å². The molecule has 1 heterocycles. The highest BCUT2D eigenvalue weighted by atomic mass is 16.5. The van der Waals surface area contributed by atoms with Crippen LogP contribution in [-0.2, 0) is 0 Å². The molecule has 1 aliphatic rings. The van der Waals surface area contributed by atoms with Crippen LogP contribution in [0.3, 0.4) is 0 Å². The van der Waals surface area contributed by atoms with Gasteiger partial charge < -0.3 is 24.8 Å². The normalized spacial score (nSPS) is 16.5. The lowest BCUT2D eigenvalue weighted by Gasteiger charge is -2.34. The first-order chi connectivity index (χ1) is 11.0. The van der Waals surface area contributed by atoms with Gasteiger partial charge in [0.15, 0.2) is 11.5 Å². The van der Waals surface area contributed by atoms with Gasteiger partial charge in [-0.15, -0.1) is 0 Å². The monoisotopic (exact) mass is 322 g/mol. The highest BCUT2D eigenvalue weighted by molar-refractivity contribution is 5.95.